The minimum Gasteiger partial charge on any atom is -0.446 e. The first-order chi connectivity index (χ1) is 8.06. The first-order valence-corrected chi connectivity index (χ1v) is 6.12. The number of aliphatic hydroxyl groups excluding tert-OH is 1. The largest absolute Gasteiger partial charge is 0.446 e. The molecule has 0 fully saturated rings. The molecule has 0 bridgehead atoms. The second kappa shape index (κ2) is 5.01. The van der Waals surface area contributed by atoms with Crippen molar-refractivity contribution in [2.45, 2.75) is 26.4 Å². The van der Waals surface area contributed by atoms with Crippen LogP contribution >= 0.6 is 15.9 Å². The average molecular weight is 301 g/mol. The zero-order chi connectivity index (χ0) is 12.4. The molecular formula is C11H13BrN2O3. The van der Waals surface area contributed by atoms with Crippen LogP contribution in [0.4, 0.5) is 0 Å². The number of rotatable bonds is 4. The number of hydrogen-bond donors (Lipinski definition) is 1. The highest BCUT2D eigenvalue weighted by molar-refractivity contribution is 9.10. The third kappa shape index (κ3) is 2.95. The summed E-state index contributed by atoms with van der Waals surface area (Å²) in [6.07, 6.45) is -0.126. The molecule has 0 spiro atoms. The lowest BCUT2D eigenvalue weighted by Gasteiger charge is -2.10. The molecule has 92 valence electrons. The lowest BCUT2D eigenvalue weighted by Crippen LogP contribution is -2.17. The van der Waals surface area contributed by atoms with E-state index in [9.17, 15) is 5.11 Å². The molecule has 2 heterocycles. The van der Waals surface area contributed by atoms with Crippen molar-refractivity contribution in [1.29, 1.82) is 0 Å². The molecule has 1 atom stereocenters. The maximum Gasteiger partial charge on any atom is 0.238 e. The van der Waals surface area contributed by atoms with Gasteiger partial charge in [-0.05, 0) is 34.0 Å². The van der Waals surface area contributed by atoms with Crippen LogP contribution in [-0.4, -0.2) is 21.4 Å². The van der Waals surface area contributed by atoms with E-state index >= 15 is 0 Å². The van der Waals surface area contributed by atoms with E-state index in [2.05, 4.69) is 26.1 Å². The predicted molar refractivity (Wildman–Crippen MR) is 64.2 cm³/mol. The van der Waals surface area contributed by atoms with Gasteiger partial charge in [-0.2, -0.15) is 4.98 Å². The van der Waals surface area contributed by atoms with Crippen LogP contribution in [0.5, 0.6) is 0 Å². The highest BCUT2D eigenvalue weighted by Crippen LogP contribution is 2.22. The Bertz CT molecular complexity index is 492. The van der Waals surface area contributed by atoms with Crippen LogP contribution in [-0.2, 0) is 6.42 Å². The van der Waals surface area contributed by atoms with Crippen LogP contribution in [0.3, 0.4) is 0 Å². The fourth-order valence-electron chi connectivity index (χ4n) is 1.29. The number of halogens is 1. The maximum absolute atomic E-state index is 9.71. The maximum atomic E-state index is 9.71. The van der Waals surface area contributed by atoms with E-state index in [1.54, 1.807) is 12.1 Å². The Labute approximate surface area is 107 Å². The van der Waals surface area contributed by atoms with Crippen molar-refractivity contribution in [1.82, 2.24) is 10.1 Å². The SMILES string of the molecule is CC(C)[C@@H](O)Cc1nc(-c2ccc(Br)o2)no1. The van der Waals surface area contributed by atoms with E-state index in [0.29, 0.717) is 28.6 Å². The van der Waals surface area contributed by atoms with E-state index in [1.807, 2.05) is 13.8 Å². The van der Waals surface area contributed by atoms with Crippen molar-refractivity contribution in [2.75, 3.05) is 0 Å². The fourth-order valence-corrected chi connectivity index (χ4v) is 1.59. The molecular weight excluding hydrogens is 288 g/mol. The lowest BCUT2D eigenvalue weighted by atomic mass is 10.0. The summed E-state index contributed by atoms with van der Waals surface area (Å²) in [5.74, 6) is 1.49. The Morgan fingerprint density at radius 3 is 2.76 bits per heavy atom. The zero-order valence-corrected chi connectivity index (χ0v) is 11.1. The highest BCUT2D eigenvalue weighted by atomic mass is 79.9. The Morgan fingerprint density at radius 1 is 1.41 bits per heavy atom. The zero-order valence-electron chi connectivity index (χ0n) is 9.55. The Kier molecular flexibility index (Phi) is 3.63. The van der Waals surface area contributed by atoms with Crippen molar-refractivity contribution in [3.63, 3.8) is 0 Å². The van der Waals surface area contributed by atoms with Gasteiger partial charge < -0.3 is 14.0 Å². The van der Waals surface area contributed by atoms with Gasteiger partial charge in [-0.25, -0.2) is 0 Å². The molecule has 1 N–H and O–H groups in total. The molecule has 0 aliphatic rings. The summed E-state index contributed by atoms with van der Waals surface area (Å²) >= 11 is 3.20. The smallest absolute Gasteiger partial charge is 0.238 e. The van der Waals surface area contributed by atoms with Gasteiger partial charge >= 0.3 is 0 Å². The molecule has 0 aliphatic heterocycles. The molecule has 0 saturated carbocycles. The monoisotopic (exact) mass is 300 g/mol. The highest BCUT2D eigenvalue weighted by Gasteiger charge is 2.17. The molecule has 5 nitrogen and oxygen atoms in total. The van der Waals surface area contributed by atoms with Gasteiger partial charge in [0.05, 0.1) is 12.5 Å². The molecule has 0 saturated heterocycles. The molecule has 0 aliphatic carbocycles. The molecule has 6 heteroatoms. The third-order valence-corrected chi connectivity index (χ3v) is 2.84. The molecule has 0 amide bonds. The molecule has 2 rings (SSSR count). The molecule has 0 aromatic carbocycles. The lowest BCUT2D eigenvalue weighted by molar-refractivity contribution is 0.116. The Morgan fingerprint density at radius 2 is 2.18 bits per heavy atom. The molecule has 0 unspecified atom stereocenters. The molecule has 0 radical (unpaired) electrons. The van der Waals surface area contributed by atoms with E-state index in [4.69, 9.17) is 8.94 Å². The minimum atomic E-state index is -0.480. The van der Waals surface area contributed by atoms with Crippen molar-refractivity contribution in [3.8, 4) is 11.6 Å². The van der Waals surface area contributed by atoms with Gasteiger partial charge in [0.15, 0.2) is 10.4 Å². The second-order valence-corrected chi connectivity index (χ2v) is 4.91. The van der Waals surface area contributed by atoms with E-state index in [-0.39, 0.29) is 5.92 Å². The van der Waals surface area contributed by atoms with Gasteiger partial charge in [-0.1, -0.05) is 19.0 Å². The third-order valence-electron chi connectivity index (χ3n) is 2.41. The van der Waals surface area contributed by atoms with Crippen molar-refractivity contribution in [2.24, 2.45) is 5.92 Å². The summed E-state index contributed by atoms with van der Waals surface area (Å²) in [4.78, 5) is 4.16. The average Bonchev–Trinajstić information content (AvgIpc) is 2.86. The normalized spacial score (nSPS) is 13.2. The standard InChI is InChI=1S/C11H13BrN2O3/c1-6(2)7(15)5-10-13-11(14-17-10)8-3-4-9(12)16-8/h3-4,6-7,15H,5H2,1-2H3/t7-/m0/s1. The Hall–Kier alpha value is -1.14. The summed E-state index contributed by atoms with van der Waals surface area (Å²) < 4.78 is 11.0. The van der Waals surface area contributed by atoms with Crippen LogP contribution in [0, 0.1) is 5.92 Å². The number of hydrogen-bond acceptors (Lipinski definition) is 5. The summed E-state index contributed by atoms with van der Waals surface area (Å²) in [5.41, 5.74) is 0. The van der Waals surface area contributed by atoms with Gasteiger partial charge in [0, 0.05) is 0 Å². The van der Waals surface area contributed by atoms with Gasteiger partial charge in [0.1, 0.15) is 0 Å². The predicted octanol–water partition coefficient (Wildman–Crippen LogP) is 2.65. The quantitative estimate of drug-likeness (QED) is 0.940. The van der Waals surface area contributed by atoms with Crippen molar-refractivity contribution in [3.05, 3.63) is 22.7 Å². The molecule has 2 aromatic heterocycles. The van der Waals surface area contributed by atoms with E-state index in [1.165, 1.54) is 0 Å². The van der Waals surface area contributed by atoms with E-state index in [0.717, 1.165) is 0 Å². The number of furan rings is 1. The van der Waals surface area contributed by atoms with Crippen molar-refractivity contribution >= 4 is 15.9 Å². The minimum absolute atomic E-state index is 0.156. The van der Waals surface area contributed by atoms with Gasteiger partial charge in [0.2, 0.25) is 11.7 Å². The van der Waals surface area contributed by atoms with Crippen molar-refractivity contribution < 1.29 is 14.0 Å². The molecule has 2 aromatic rings. The topological polar surface area (TPSA) is 72.3 Å². The van der Waals surface area contributed by atoms with Crippen LogP contribution in [0.1, 0.15) is 19.7 Å². The summed E-state index contributed by atoms with van der Waals surface area (Å²) in [6, 6.07) is 3.51. The first-order valence-electron chi connectivity index (χ1n) is 5.32. The summed E-state index contributed by atoms with van der Waals surface area (Å²) in [7, 11) is 0. The van der Waals surface area contributed by atoms with Crippen LogP contribution < -0.4 is 0 Å². The van der Waals surface area contributed by atoms with Crippen LogP contribution in [0.25, 0.3) is 11.6 Å². The van der Waals surface area contributed by atoms with Crippen LogP contribution in [0.15, 0.2) is 25.7 Å². The van der Waals surface area contributed by atoms with Gasteiger partial charge in [-0.15, -0.1) is 0 Å². The fraction of sp³-hybridized carbons (Fsp3) is 0.455. The first kappa shape index (κ1) is 12.3. The van der Waals surface area contributed by atoms with Gasteiger partial charge in [0.25, 0.3) is 0 Å². The van der Waals surface area contributed by atoms with E-state index < -0.39 is 6.10 Å². The number of aliphatic hydroxyl groups is 1. The summed E-state index contributed by atoms with van der Waals surface area (Å²) in [5, 5.41) is 13.5. The Balaban J connectivity index is 2.11. The molecule has 17 heavy (non-hydrogen) atoms. The van der Waals surface area contributed by atoms with Gasteiger partial charge in [-0.3, -0.25) is 0 Å². The van der Waals surface area contributed by atoms with Crippen LogP contribution in [0.2, 0.25) is 0 Å². The summed E-state index contributed by atoms with van der Waals surface area (Å²) in [6.45, 7) is 3.87. The number of nitrogens with zero attached hydrogens (tertiary/aromatic N) is 2. The second-order valence-electron chi connectivity index (χ2n) is 4.13. The number of aromatic nitrogens is 2.